The molecule has 3 rings (SSSR count). The van der Waals surface area contributed by atoms with Crippen molar-refractivity contribution in [3.8, 4) is 0 Å². The average Bonchev–Trinajstić information content (AvgIpc) is 3.16. The minimum atomic E-state index is -1.43. The Morgan fingerprint density at radius 2 is 2.03 bits per heavy atom. The molecule has 1 aromatic carbocycles. The van der Waals surface area contributed by atoms with E-state index in [4.69, 9.17) is 4.74 Å². The number of hydrogen-bond acceptors (Lipinski definition) is 6. The molecule has 1 aliphatic rings. The third kappa shape index (κ3) is 5.39. The third-order valence-electron chi connectivity index (χ3n) is 4.42. The average molecular weight is 401 g/mol. The van der Waals surface area contributed by atoms with E-state index in [2.05, 4.69) is 20.8 Å². The van der Waals surface area contributed by atoms with Gasteiger partial charge < -0.3 is 25.4 Å². The van der Waals surface area contributed by atoms with E-state index in [9.17, 15) is 19.5 Å². The second-order valence-electron chi connectivity index (χ2n) is 6.92. The van der Waals surface area contributed by atoms with Crippen LogP contribution in [0.2, 0.25) is 0 Å². The van der Waals surface area contributed by atoms with E-state index < -0.39 is 11.5 Å². The highest BCUT2D eigenvalue weighted by Gasteiger charge is 2.35. The predicted molar refractivity (Wildman–Crippen MR) is 103 cm³/mol. The van der Waals surface area contributed by atoms with Crippen molar-refractivity contribution in [2.45, 2.75) is 12.5 Å². The van der Waals surface area contributed by atoms with Crippen LogP contribution in [0.1, 0.15) is 27.8 Å². The van der Waals surface area contributed by atoms with Gasteiger partial charge in [0.1, 0.15) is 11.3 Å². The molecule has 154 valence electrons. The second-order valence-corrected chi connectivity index (χ2v) is 6.92. The van der Waals surface area contributed by atoms with Crippen molar-refractivity contribution >= 4 is 23.4 Å². The molecular formula is C19H23N5O5. The van der Waals surface area contributed by atoms with Crippen molar-refractivity contribution in [1.82, 2.24) is 20.4 Å². The highest BCUT2D eigenvalue weighted by molar-refractivity contribution is 5.95. The number of nitrogens with zero attached hydrogens (tertiary/aromatic N) is 2. The van der Waals surface area contributed by atoms with Gasteiger partial charge >= 0.3 is 0 Å². The van der Waals surface area contributed by atoms with Crippen molar-refractivity contribution in [2.75, 3.05) is 38.2 Å². The number of H-pyrrole nitrogens is 1. The summed E-state index contributed by atoms with van der Waals surface area (Å²) < 4.78 is 5.45. The zero-order chi connectivity index (χ0) is 20.9. The molecule has 0 aliphatic carbocycles. The molecule has 0 spiro atoms. The van der Waals surface area contributed by atoms with Gasteiger partial charge in [0.2, 0.25) is 5.91 Å². The Bertz CT molecular complexity index is 868. The first-order chi connectivity index (χ1) is 13.9. The molecule has 1 saturated heterocycles. The molecule has 1 aromatic heterocycles. The first kappa shape index (κ1) is 20.5. The van der Waals surface area contributed by atoms with E-state index in [1.165, 1.54) is 24.1 Å². The number of carbonyl (C=O) groups excluding carboxylic acids is 3. The minimum absolute atomic E-state index is 0.00252. The summed E-state index contributed by atoms with van der Waals surface area (Å²) in [6, 6.07) is 8.01. The molecule has 3 amide bonds. The fraction of sp³-hybridized carbons (Fsp3) is 0.368. The van der Waals surface area contributed by atoms with Gasteiger partial charge in [-0.3, -0.25) is 19.5 Å². The Balaban J connectivity index is 1.65. The zero-order valence-corrected chi connectivity index (χ0v) is 16.0. The molecule has 1 fully saturated rings. The van der Waals surface area contributed by atoms with Gasteiger partial charge in [0, 0.05) is 30.9 Å². The number of hydrogen-bond donors (Lipinski definition) is 4. The number of rotatable bonds is 5. The van der Waals surface area contributed by atoms with Crippen molar-refractivity contribution in [3.63, 3.8) is 0 Å². The Morgan fingerprint density at radius 3 is 2.69 bits per heavy atom. The van der Waals surface area contributed by atoms with Crippen LogP contribution in [0.3, 0.4) is 0 Å². The van der Waals surface area contributed by atoms with Crippen LogP contribution in [-0.4, -0.2) is 76.4 Å². The van der Waals surface area contributed by atoms with Crippen molar-refractivity contribution in [1.29, 1.82) is 0 Å². The van der Waals surface area contributed by atoms with Gasteiger partial charge in [-0.1, -0.05) is 0 Å². The molecule has 29 heavy (non-hydrogen) atoms. The lowest BCUT2D eigenvalue weighted by atomic mass is 10.0. The molecule has 10 heteroatoms. The molecule has 0 radical (unpaired) electrons. The van der Waals surface area contributed by atoms with Crippen molar-refractivity contribution in [3.05, 3.63) is 47.8 Å². The maximum atomic E-state index is 12.9. The molecule has 1 aliphatic heterocycles. The van der Waals surface area contributed by atoms with Crippen LogP contribution in [0, 0.1) is 0 Å². The maximum Gasteiger partial charge on any atom is 0.269 e. The van der Waals surface area contributed by atoms with Crippen LogP contribution in [0.25, 0.3) is 0 Å². The van der Waals surface area contributed by atoms with Gasteiger partial charge in [0.05, 0.1) is 26.3 Å². The maximum absolute atomic E-state index is 12.9. The second kappa shape index (κ2) is 8.84. The summed E-state index contributed by atoms with van der Waals surface area (Å²) in [7, 11) is 0. The monoisotopic (exact) mass is 401 g/mol. The zero-order valence-electron chi connectivity index (χ0n) is 16.0. The third-order valence-corrected chi connectivity index (χ3v) is 4.42. The largest absolute Gasteiger partial charge is 0.384 e. The minimum Gasteiger partial charge on any atom is -0.384 e. The number of anilines is 1. The van der Waals surface area contributed by atoms with Gasteiger partial charge in [-0.15, -0.1) is 0 Å². The number of amides is 3. The van der Waals surface area contributed by atoms with Gasteiger partial charge in [-0.05, 0) is 30.3 Å². The summed E-state index contributed by atoms with van der Waals surface area (Å²) in [5, 5.41) is 22.4. The van der Waals surface area contributed by atoms with Crippen LogP contribution >= 0.6 is 0 Å². The molecule has 2 aromatic rings. The smallest absolute Gasteiger partial charge is 0.269 e. The quantitative estimate of drug-likeness (QED) is 0.557. The summed E-state index contributed by atoms with van der Waals surface area (Å²) in [5.41, 5.74) is -0.149. The lowest BCUT2D eigenvalue weighted by Gasteiger charge is -2.31. The van der Waals surface area contributed by atoms with E-state index in [0.717, 1.165) is 0 Å². The number of aromatic amines is 1. The number of ether oxygens (including phenoxy) is 1. The molecule has 4 N–H and O–H groups in total. The molecular weight excluding hydrogens is 378 g/mol. The Hall–Kier alpha value is -3.24. The number of aliphatic hydroxyl groups is 1. The fourth-order valence-electron chi connectivity index (χ4n) is 3.00. The molecule has 2 heterocycles. The summed E-state index contributed by atoms with van der Waals surface area (Å²) in [4.78, 5) is 37.5. The first-order valence-electron chi connectivity index (χ1n) is 9.11. The first-order valence-corrected chi connectivity index (χ1v) is 9.11. The molecule has 0 saturated carbocycles. The Kier molecular flexibility index (Phi) is 6.25. The van der Waals surface area contributed by atoms with Crippen LogP contribution in [0.4, 0.5) is 5.69 Å². The SMILES string of the molecule is CC(=O)Nc1ccc(C(=O)N2CCOCC(O)(CNC(=O)c3ccn[nH]3)C2)cc1. The van der Waals surface area contributed by atoms with Crippen LogP contribution in [0.5, 0.6) is 0 Å². The highest BCUT2D eigenvalue weighted by Crippen LogP contribution is 2.17. The fourth-order valence-corrected chi connectivity index (χ4v) is 3.00. The van der Waals surface area contributed by atoms with Crippen LogP contribution in [-0.2, 0) is 9.53 Å². The van der Waals surface area contributed by atoms with E-state index in [0.29, 0.717) is 17.8 Å². The van der Waals surface area contributed by atoms with E-state index in [1.807, 2.05) is 0 Å². The van der Waals surface area contributed by atoms with E-state index in [-0.39, 0.29) is 43.8 Å². The van der Waals surface area contributed by atoms with Crippen molar-refractivity contribution < 1.29 is 24.2 Å². The van der Waals surface area contributed by atoms with Gasteiger partial charge in [-0.25, -0.2) is 0 Å². The van der Waals surface area contributed by atoms with Crippen LogP contribution < -0.4 is 10.6 Å². The summed E-state index contributed by atoms with van der Waals surface area (Å²) in [5.74, 6) is -0.884. The van der Waals surface area contributed by atoms with Gasteiger partial charge in [-0.2, -0.15) is 5.10 Å². The summed E-state index contributed by atoms with van der Waals surface area (Å²) in [6.45, 7) is 1.89. The highest BCUT2D eigenvalue weighted by atomic mass is 16.5. The number of carbonyl (C=O) groups is 3. The molecule has 1 unspecified atom stereocenters. The standard InChI is InChI=1S/C19H23N5O5/c1-13(25)22-15-4-2-14(3-5-15)18(27)24-8-9-29-12-19(28,11-24)10-20-17(26)16-6-7-21-23-16/h2-7,28H,8-12H2,1H3,(H,20,26)(H,21,23)(H,22,25). The number of benzene rings is 1. The van der Waals surface area contributed by atoms with E-state index >= 15 is 0 Å². The lowest BCUT2D eigenvalue weighted by molar-refractivity contribution is -0.114. The number of nitrogens with one attached hydrogen (secondary N) is 3. The van der Waals surface area contributed by atoms with E-state index in [1.54, 1.807) is 24.3 Å². The lowest BCUT2D eigenvalue weighted by Crippen LogP contribution is -2.53. The molecule has 10 nitrogen and oxygen atoms in total. The Morgan fingerprint density at radius 1 is 1.28 bits per heavy atom. The Labute approximate surface area is 167 Å². The van der Waals surface area contributed by atoms with Gasteiger partial charge in [0.25, 0.3) is 11.8 Å². The number of β-amino-alcohol motifs (C(OH)–C–C–N with tert-alkyl or cyclic N) is 1. The number of aromatic nitrogens is 2. The molecule has 1 atom stereocenters. The normalized spacial score (nSPS) is 19.3. The molecule has 0 bridgehead atoms. The van der Waals surface area contributed by atoms with Gasteiger partial charge in [0.15, 0.2) is 0 Å². The van der Waals surface area contributed by atoms with Crippen molar-refractivity contribution in [2.24, 2.45) is 0 Å². The summed E-state index contributed by atoms with van der Waals surface area (Å²) >= 11 is 0. The predicted octanol–water partition coefficient (Wildman–Crippen LogP) is 0.00160. The topological polar surface area (TPSA) is 137 Å². The summed E-state index contributed by atoms with van der Waals surface area (Å²) in [6.07, 6.45) is 1.45. The van der Waals surface area contributed by atoms with Crippen LogP contribution in [0.15, 0.2) is 36.5 Å².